The lowest BCUT2D eigenvalue weighted by Crippen LogP contribution is -2.32. The van der Waals surface area contributed by atoms with Crippen LogP contribution in [0.3, 0.4) is 0 Å². The van der Waals surface area contributed by atoms with Crippen LogP contribution in [0.2, 0.25) is 0 Å². The van der Waals surface area contributed by atoms with E-state index in [1.807, 2.05) is 36.7 Å². The highest BCUT2D eigenvalue weighted by molar-refractivity contribution is 5.89. The van der Waals surface area contributed by atoms with Crippen LogP contribution >= 0.6 is 0 Å². The van der Waals surface area contributed by atoms with Crippen molar-refractivity contribution in [2.75, 3.05) is 0 Å². The van der Waals surface area contributed by atoms with Crippen LogP contribution in [0.5, 0.6) is 0 Å². The van der Waals surface area contributed by atoms with Crippen molar-refractivity contribution in [3.63, 3.8) is 0 Å². The van der Waals surface area contributed by atoms with E-state index >= 15 is 0 Å². The quantitative estimate of drug-likeness (QED) is 0.543. The third-order valence-electron chi connectivity index (χ3n) is 5.80. The first-order valence-electron chi connectivity index (χ1n) is 10.2. The van der Waals surface area contributed by atoms with Gasteiger partial charge in [0.1, 0.15) is 0 Å². The predicted molar refractivity (Wildman–Crippen MR) is 114 cm³/mol. The summed E-state index contributed by atoms with van der Waals surface area (Å²) in [6, 6.07) is 18.5. The molecule has 5 nitrogen and oxygen atoms in total. The monoisotopic (exact) mass is 384 g/mol. The third-order valence-corrected chi connectivity index (χ3v) is 5.80. The number of aromatic nitrogens is 3. The van der Waals surface area contributed by atoms with Gasteiger partial charge in [0.05, 0.1) is 25.2 Å². The second kappa shape index (κ2) is 7.59. The molecular formula is C24H24N4O. The number of fused-ring (bicyclic) bond motifs is 2. The Morgan fingerprint density at radius 1 is 1.14 bits per heavy atom. The maximum Gasteiger partial charge on any atom is 0.224 e. The van der Waals surface area contributed by atoms with E-state index in [9.17, 15) is 4.79 Å². The molecule has 4 aromatic rings. The van der Waals surface area contributed by atoms with Crippen molar-refractivity contribution in [1.29, 1.82) is 0 Å². The number of hydrogen-bond acceptors (Lipinski definition) is 2. The van der Waals surface area contributed by atoms with Gasteiger partial charge >= 0.3 is 0 Å². The van der Waals surface area contributed by atoms with Crippen LogP contribution in [-0.4, -0.2) is 20.7 Å². The Morgan fingerprint density at radius 3 is 2.86 bits per heavy atom. The van der Waals surface area contributed by atoms with Gasteiger partial charge in [0.15, 0.2) is 0 Å². The minimum Gasteiger partial charge on any atom is -0.361 e. The summed E-state index contributed by atoms with van der Waals surface area (Å²) in [5.41, 5.74) is 5.76. The van der Waals surface area contributed by atoms with Crippen molar-refractivity contribution in [3.05, 3.63) is 89.4 Å². The number of nitrogens with one attached hydrogen (secondary N) is 2. The van der Waals surface area contributed by atoms with Gasteiger partial charge in [-0.2, -0.15) is 5.10 Å². The molecule has 2 aromatic carbocycles. The average Bonchev–Trinajstić information content (AvgIpc) is 3.34. The van der Waals surface area contributed by atoms with Crippen molar-refractivity contribution >= 4 is 16.8 Å². The molecule has 0 aliphatic heterocycles. The Kier molecular flexibility index (Phi) is 4.64. The largest absolute Gasteiger partial charge is 0.361 e. The first-order chi connectivity index (χ1) is 14.3. The maximum atomic E-state index is 12.8. The van der Waals surface area contributed by atoms with Gasteiger partial charge in [-0.05, 0) is 36.5 Å². The van der Waals surface area contributed by atoms with E-state index in [-0.39, 0.29) is 11.9 Å². The molecule has 146 valence electrons. The lowest BCUT2D eigenvalue weighted by atomic mass is 9.92. The summed E-state index contributed by atoms with van der Waals surface area (Å²) in [6.07, 6.45) is 7.29. The molecule has 29 heavy (non-hydrogen) atoms. The van der Waals surface area contributed by atoms with E-state index in [2.05, 4.69) is 50.4 Å². The maximum absolute atomic E-state index is 12.8. The van der Waals surface area contributed by atoms with Crippen LogP contribution in [0.25, 0.3) is 10.9 Å². The van der Waals surface area contributed by atoms with Crippen LogP contribution < -0.4 is 5.32 Å². The van der Waals surface area contributed by atoms with Crippen molar-refractivity contribution in [2.24, 2.45) is 0 Å². The molecule has 2 heterocycles. The number of para-hydroxylation sites is 1. The molecule has 5 heteroatoms. The molecule has 0 saturated heterocycles. The lowest BCUT2D eigenvalue weighted by Gasteiger charge is -2.24. The molecule has 2 N–H and O–H groups in total. The van der Waals surface area contributed by atoms with Crippen LogP contribution in [0.1, 0.15) is 41.3 Å². The van der Waals surface area contributed by atoms with Gasteiger partial charge in [-0.25, -0.2) is 0 Å². The fourth-order valence-electron chi connectivity index (χ4n) is 4.36. The number of rotatable bonds is 5. The Bertz CT molecular complexity index is 1140. The molecule has 5 rings (SSSR count). The van der Waals surface area contributed by atoms with Crippen molar-refractivity contribution in [1.82, 2.24) is 20.1 Å². The number of hydrogen-bond donors (Lipinski definition) is 2. The molecule has 2 aromatic heterocycles. The second-order valence-electron chi connectivity index (χ2n) is 7.74. The van der Waals surface area contributed by atoms with Crippen molar-refractivity contribution in [3.8, 4) is 0 Å². The number of carbonyl (C=O) groups is 1. The summed E-state index contributed by atoms with van der Waals surface area (Å²) in [4.78, 5) is 16.0. The highest BCUT2D eigenvalue weighted by Gasteiger charge is 2.25. The van der Waals surface area contributed by atoms with Crippen LogP contribution in [0.15, 0.2) is 67.0 Å². The smallest absolute Gasteiger partial charge is 0.224 e. The Labute approximate surface area is 169 Å². The normalized spacial score (nSPS) is 15.9. The molecule has 0 unspecified atom stereocenters. The summed E-state index contributed by atoms with van der Waals surface area (Å²) in [7, 11) is 0. The molecule has 1 aliphatic carbocycles. The van der Waals surface area contributed by atoms with Crippen LogP contribution in [0.4, 0.5) is 0 Å². The number of H-pyrrole nitrogens is 1. The molecule has 1 atom stereocenters. The van der Waals surface area contributed by atoms with Crippen molar-refractivity contribution in [2.45, 2.75) is 38.3 Å². The number of nitrogens with zero attached hydrogens (tertiary/aromatic N) is 2. The topological polar surface area (TPSA) is 62.7 Å². The van der Waals surface area contributed by atoms with Gasteiger partial charge < -0.3 is 10.3 Å². The average molecular weight is 384 g/mol. The van der Waals surface area contributed by atoms with Gasteiger partial charge in [0, 0.05) is 28.4 Å². The standard InChI is InChI=1S/C24H24N4O/c29-24(13-18-14-25-21-10-5-4-9-19(18)21)27-22-11-6-12-23-20(22)15-26-28(23)16-17-7-2-1-3-8-17/h1-5,7-10,14-15,22,25H,6,11-13,16H2,(H,27,29)/t22-/m0/s1. The third kappa shape index (κ3) is 3.56. The first-order valence-corrected chi connectivity index (χ1v) is 10.2. The lowest BCUT2D eigenvalue weighted by molar-refractivity contribution is -0.121. The van der Waals surface area contributed by atoms with E-state index < -0.39 is 0 Å². The molecule has 1 amide bonds. The molecular weight excluding hydrogens is 360 g/mol. The second-order valence-corrected chi connectivity index (χ2v) is 7.74. The van der Waals surface area contributed by atoms with Crippen LogP contribution in [-0.2, 0) is 24.2 Å². The molecule has 0 saturated carbocycles. The fourth-order valence-corrected chi connectivity index (χ4v) is 4.36. The minimum absolute atomic E-state index is 0.0426. The van der Waals surface area contributed by atoms with E-state index in [1.54, 1.807) is 0 Å². The fraction of sp³-hybridized carbons (Fsp3) is 0.250. The van der Waals surface area contributed by atoms with E-state index in [0.29, 0.717) is 6.42 Å². The zero-order valence-electron chi connectivity index (χ0n) is 16.3. The van der Waals surface area contributed by atoms with Gasteiger partial charge in [-0.1, -0.05) is 48.5 Å². The SMILES string of the molecule is O=C(Cc1c[nH]c2ccccc12)N[C@H]1CCCc2c1cnn2Cc1ccccc1. The Hall–Kier alpha value is -3.34. The van der Waals surface area contributed by atoms with Gasteiger partial charge in [-0.3, -0.25) is 9.48 Å². The van der Waals surface area contributed by atoms with E-state index in [4.69, 9.17) is 0 Å². The Balaban J connectivity index is 1.31. The van der Waals surface area contributed by atoms with Crippen LogP contribution in [0, 0.1) is 0 Å². The summed E-state index contributed by atoms with van der Waals surface area (Å²) in [5, 5.41) is 8.99. The Morgan fingerprint density at radius 2 is 1.97 bits per heavy atom. The molecule has 0 spiro atoms. The van der Waals surface area contributed by atoms with Crippen molar-refractivity contribution < 1.29 is 4.79 Å². The zero-order chi connectivity index (χ0) is 19.6. The number of amides is 1. The number of benzene rings is 2. The van der Waals surface area contributed by atoms with Gasteiger partial charge in [-0.15, -0.1) is 0 Å². The molecule has 1 aliphatic rings. The number of carbonyl (C=O) groups excluding carboxylic acids is 1. The summed E-state index contributed by atoms with van der Waals surface area (Å²) >= 11 is 0. The zero-order valence-corrected chi connectivity index (χ0v) is 16.3. The number of aromatic amines is 1. The van der Waals surface area contributed by atoms with E-state index in [0.717, 1.165) is 42.3 Å². The molecule has 0 fully saturated rings. The molecule has 0 radical (unpaired) electrons. The first kappa shape index (κ1) is 17.7. The summed E-state index contributed by atoms with van der Waals surface area (Å²) in [6.45, 7) is 0.770. The highest BCUT2D eigenvalue weighted by Crippen LogP contribution is 2.30. The summed E-state index contributed by atoms with van der Waals surface area (Å²) in [5.74, 6) is 0.0587. The molecule has 0 bridgehead atoms. The predicted octanol–water partition coefficient (Wildman–Crippen LogP) is 4.15. The van der Waals surface area contributed by atoms with E-state index in [1.165, 1.54) is 16.8 Å². The minimum atomic E-state index is 0.0426. The van der Waals surface area contributed by atoms with Gasteiger partial charge in [0.2, 0.25) is 5.91 Å². The highest BCUT2D eigenvalue weighted by atomic mass is 16.1. The van der Waals surface area contributed by atoms with Gasteiger partial charge in [0.25, 0.3) is 0 Å². The summed E-state index contributed by atoms with van der Waals surface area (Å²) < 4.78 is 2.09.